The molecular formula is C19H11ClN2O3S. The van der Waals surface area contributed by atoms with Crippen molar-refractivity contribution in [3.8, 4) is 11.3 Å². The van der Waals surface area contributed by atoms with Crippen molar-refractivity contribution < 1.29 is 9.21 Å². The summed E-state index contributed by atoms with van der Waals surface area (Å²) in [5, 5.41) is 4.83. The molecule has 2 aromatic carbocycles. The molecule has 26 heavy (non-hydrogen) atoms. The Bertz CT molecular complexity index is 1180. The average molecular weight is 383 g/mol. The molecule has 0 aliphatic rings. The number of anilines is 2. The normalized spacial score (nSPS) is 10.8. The molecule has 2 heterocycles. The van der Waals surface area contributed by atoms with Crippen LogP contribution in [0.5, 0.6) is 0 Å². The Balaban J connectivity index is 1.81. The van der Waals surface area contributed by atoms with E-state index in [-0.39, 0.29) is 5.56 Å². The molecule has 0 saturated heterocycles. The van der Waals surface area contributed by atoms with Crippen molar-refractivity contribution in [2.45, 2.75) is 0 Å². The van der Waals surface area contributed by atoms with Gasteiger partial charge in [-0.05, 0) is 24.3 Å². The van der Waals surface area contributed by atoms with Crippen LogP contribution in [0.3, 0.4) is 0 Å². The van der Waals surface area contributed by atoms with Gasteiger partial charge in [-0.3, -0.25) is 4.79 Å². The van der Waals surface area contributed by atoms with Crippen molar-refractivity contribution in [2.24, 2.45) is 0 Å². The van der Waals surface area contributed by atoms with Crippen molar-refractivity contribution in [2.75, 3.05) is 5.32 Å². The van der Waals surface area contributed by atoms with Crippen LogP contribution in [-0.4, -0.2) is 11.3 Å². The lowest BCUT2D eigenvalue weighted by Crippen LogP contribution is -2.04. The first kappa shape index (κ1) is 16.5. The van der Waals surface area contributed by atoms with Gasteiger partial charge in [-0.25, -0.2) is 9.78 Å². The lowest BCUT2D eigenvalue weighted by molar-refractivity contribution is 0.112. The van der Waals surface area contributed by atoms with E-state index in [4.69, 9.17) is 16.0 Å². The molecule has 0 saturated carbocycles. The quantitative estimate of drug-likeness (QED) is 0.391. The van der Waals surface area contributed by atoms with Gasteiger partial charge in [-0.1, -0.05) is 53.3 Å². The maximum atomic E-state index is 12.4. The third-order valence-corrected chi connectivity index (χ3v) is 5.00. The predicted octanol–water partition coefficient (Wildman–Crippen LogP) is 5.13. The van der Waals surface area contributed by atoms with Crippen molar-refractivity contribution in [1.29, 1.82) is 0 Å². The highest BCUT2D eigenvalue weighted by atomic mass is 35.5. The third-order valence-electron chi connectivity index (χ3n) is 3.77. The molecule has 0 aliphatic carbocycles. The van der Waals surface area contributed by atoms with Crippen molar-refractivity contribution in [1.82, 2.24) is 4.98 Å². The van der Waals surface area contributed by atoms with E-state index in [0.717, 1.165) is 16.7 Å². The molecule has 0 fully saturated rings. The zero-order valence-electron chi connectivity index (χ0n) is 13.2. The molecule has 1 N–H and O–H groups in total. The number of nitrogens with zero attached hydrogens (tertiary/aromatic N) is 1. The summed E-state index contributed by atoms with van der Waals surface area (Å²) in [6.45, 7) is 0. The Morgan fingerprint density at radius 1 is 1.12 bits per heavy atom. The zero-order valence-corrected chi connectivity index (χ0v) is 14.8. The van der Waals surface area contributed by atoms with Crippen LogP contribution in [0.2, 0.25) is 5.02 Å². The first-order valence-electron chi connectivity index (χ1n) is 7.66. The largest absolute Gasteiger partial charge is 0.422 e. The fourth-order valence-electron chi connectivity index (χ4n) is 2.56. The molecule has 4 rings (SSSR count). The Labute approximate surface area is 156 Å². The molecule has 2 aromatic heterocycles. The van der Waals surface area contributed by atoms with Gasteiger partial charge in [0, 0.05) is 5.39 Å². The van der Waals surface area contributed by atoms with E-state index in [1.54, 1.807) is 30.3 Å². The van der Waals surface area contributed by atoms with Gasteiger partial charge in [-0.15, -0.1) is 0 Å². The Morgan fingerprint density at radius 2 is 1.88 bits per heavy atom. The van der Waals surface area contributed by atoms with Crippen LogP contribution in [0, 0.1) is 0 Å². The van der Waals surface area contributed by atoms with Gasteiger partial charge in [0.25, 0.3) is 0 Å². The fraction of sp³-hybridized carbons (Fsp3) is 0. The van der Waals surface area contributed by atoms with Gasteiger partial charge in [0.2, 0.25) is 0 Å². The summed E-state index contributed by atoms with van der Waals surface area (Å²) in [5.74, 6) is 0. The van der Waals surface area contributed by atoms with Gasteiger partial charge in [0.15, 0.2) is 11.4 Å². The van der Waals surface area contributed by atoms with Crippen LogP contribution in [-0.2, 0) is 0 Å². The van der Waals surface area contributed by atoms with Gasteiger partial charge in [-0.2, -0.15) is 0 Å². The van der Waals surface area contributed by atoms with Gasteiger partial charge >= 0.3 is 5.63 Å². The number of fused-ring (bicyclic) bond motifs is 1. The Hall–Kier alpha value is -2.96. The number of thiazole rings is 1. The summed E-state index contributed by atoms with van der Waals surface area (Å²) in [4.78, 5) is 28.6. The van der Waals surface area contributed by atoms with E-state index < -0.39 is 5.63 Å². The molecular weight excluding hydrogens is 372 g/mol. The van der Waals surface area contributed by atoms with E-state index in [0.29, 0.717) is 38.3 Å². The van der Waals surface area contributed by atoms with E-state index >= 15 is 0 Å². The number of hydrogen-bond acceptors (Lipinski definition) is 6. The second-order valence-corrected chi connectivity index (χ2v) is 6.88. The number of para-hydroxylation sites is 2. The summed E-state index contributed by atoms with van der Waals surface area (Å²) in [6, 6.07) is 16.1. The monoisotopic (exact) mass is 382 g/mol. The molecule has 7 heteroatoms. The average Bonchev–Trinajstić information content (AvgIpc) is 3.05. The lowest BCUT2D eigenvalue weighted by Gasteiger charge is -2.04. The van der Waals surface area contributed by atoms with Crippen LogP contribution < -0.4 is 10.9 Å². The SMILES string of the molecule is O=Cc1sc(Nc2ccccc2Cl)nc1-c1cc2ccccc2oc1=O. The lowest BCUT2D eigenvalue weighted by atomic mass is 10.1. The molecule has 0 atom stereocenters. The second kappa shape index (κ2) is 6.74. The van der Waals surface area contributed by atoms with E-state index in [9.17, 15) is 9.59 Å². The summed E-state index contributed by atoms with van der Waals surface area (Å²) < 4.78 is 5.34. The van der Waals surface area contributed by atoms with Crippen LogP contribution >= 0.6 is 22.9 Å². The first-order chi connectivity index (χ1) is 12.7. The molecule has 4 aromatic rings. The number of carbonyl (C=O) groups excluding carboxylic acids is 1. The van der Waals surface area contributed by atoms with Crippen molar-refractivity contribution in [3.05, 3.63) is 74.9 Å². The van der Waals surface area contributed by atoms with Crippen molar-refractivity contribution >= 4 is 51.0 Å². The molecule has 0 bridgehead atoms. The number of aromatic nitrogens is 1. The highest BCUT2D eigenvalue weighted by Gasteiger charge is 2.18. The smallest absolute Gasteiger partial charge is 0.345 e. The fourth-order valence-corrected chi connectivity index (χ4v) is 3.55. The maximum absolute atomic E-state index is 12.4. The molecule has 5 nitrogen and oxygen atoms in total. The minimum atomic E-state index is -0.540. The van der Waals surface area contributed by atoms with Crippen LogP contribution in [0.1, 0.15) is 9.67 Å². The summed E-state index contributed by atoms with van der Waals surface area (Å²) in [6.07, 6.45) is 0.680. The van der Waals surface area contributed by atoms with Crippen molar-refractivity contribution in [3.63, 3.8) is 0 Å². The highest BCUT2D eigenvalue weighted by Crippen LogP contribution is 2.33. The number of halogens is 1. The zero-order chi connectivity index (χ0) is 18.1. The van der Waals surface area contributed by atoms with Crippen LogP contribution in [0.15, 0.2) is 63.8 Å². The van der Waals surface area contributed by atoms with E-state index in [2.05, 4.69) is 10.3 Å². The molecule has 128 valence electrons. The summed E-state index contributed by atoms with van der Waals surface area (Å²) in [5.41, 5.74) is 1.14. The first-order valence-corrected chi connectivity index (χ1v) is 8.86. The number of aldehydes is 1. The third kappa shape index (κ3) is 3.00. The number of rotatable bonds is 4. The standard InChI is InChI=1S/C19H11ClN2O3S/c20-13-6-2-3-7-14(13)21-19-22-17(16(10-23)26-19)12-9-11-5-1-4-8-15(11)25-18(12)24/h1-10H,(H,21,22). The summed E-state index contributed by atoms with van der Waals surface area (Å²) in [7, 11) is 0. The minimum Gasteiger partial charge on any atom is -0.422 e. The Kier molecular flexibility index (Phi) is 4.28. The molecule has 0 aliphatic heterocycles. The van der Waals surface area contributed by atoms with Gasteiger partial charge in [0.05, 0.1) is 21.2 Å². The van der Waals surface area contributed by atoms with E-state index in [1.165, 1.54) is 0 Å². The molecule has 0 unspecified atom stereocenters. The minimum absolute atomic E-state index is 0.245. The topological polar surface area (TPSA) is 72.2 Å². The number of carbonyl (C=O) groups is 1. The second-order valence-electron chi connectivity index (χ2n) is 5.44. The maximum Gasteiger partial charge on any atom is 0.345 e. The molecule has 0 spiro atoms. The molecule has 0 radical (unpaired) electrons. The Morgan fingerprint density at radius 3 is 2.69 bits per heavy atom. The van der Waals surface area contributed by atoms with Crippen LogP contribution in [0.25, 0.3) is 22.2 Å². The van der Waals surface area contributed by atoms with Gasteiger partial charge < -0.3 is 9.73 Å². The number of nitrogens with one attached hydrogen (secondary N) is 1. The number of hydrogen-bond donors (Lipinski definition) is 1. The van der Waals surface area contributed by atoms with Gasteiger partial charge in [0.1, 0.15) is 11.3 Å². The summed E-state index contributed by atoms with van der Waals surface area (Å²) >= 11 is 7.28. The highest BCUT2D eigenvalue weighted by molar-refractivity contribution is 7.17. The predicted molar refractivity (Wildman–Crippen MR) is 104 cm³/mol. The van der Waals surface area contributed by atoms with Crippen LogP contribution in [0.4, 0.5) is 10.8 Å². The number of benzene rings is 2. The molecule has 0 amide bonds. The van der Waals surface area contributed by atoms with E-state index in [1.807, 2.05) is 24.3 Å².